The molecule has 2 aliphatic rings. The van der Waals surface area contributed by atoms with Gasteiger partial charge in [0.05, 0.1) is 17.6 Å². The number of hydrogen-bond acceptors (Lipinski definition) is 5. The molecule has 0 bridgehead atoms. The van der Waals surface area contributed by atoms with Crippen molar-refractivity contribution in [1.29, 1.82) is 0 Å². The molecule has 7 nitrogen and oxygen atoms in total. The summed E-state index contributed by atoms with van der Waals surface area (Å²) >= 11 is 0. The van der Waals surface area contributed by atoms with Crippen molar-refractivity contribution in [2.24, 2.45) is 0 Å². The van der Waals surface area contributed by atoms with Gasteiger partial charge in [-0.05, 0) is 33.6 Å². The van der Waals surface area contributed by atoms with Crippen molar-refractivity contribution < 1.29 is 9.32 Å². The molecule has 1 amide bonds. The van der Waals surface area contributed by atoms with Crippen LogP contribution in [0, 0.1) is 6.92 Å². The number of aromatic amines is 1. The summed E-state index contributed by atoms with van der Waals surface area (Å²) in [6, 6.07) is 1.71. The Labute approximate surface area is 159 Å². The van der Waals surface area contributed by atoms with E-state index in [4.69, 9.17) is 9.51 Å². The summed E-state index contributed by atoms with van der Waals surface area (Å²) < 4.78 is 5.07. The quantitative estimate of drug-likeness (QED) is 0.842. The van der Waals surface area contributed by atoms with Gasteiger partial charge < -0.3 is 14.4 Å². The number of aromatic nitrogens is 3. The minimum absolute atomic E-state index is 0.0457. The van der Waals surface area contributed by atoms with E-state index in [2.05, 4.69) is 35.0 Å². The first kappa shape index (κ1) is 18.0. The number of nitrogens with zero attached hydrogens (tertiary/aromatic N) is 4. The van der Waals surface area contributed by atoms with Gasteiger partial charge in [0.25, 0.3) is 5.91 Å². The average molecular weight is 369 g/mol. The molecule has 1 saturated heterocycles. The molecule has 0 aromatic carbocycles. The number of imidazole rings is 1. The molecule has 1 N–H and O–H groups in total. The van der Waals surface area contributed by atoms with E-state index in [1.807, 2.05) is 11.2 Å². The first-order valence-electron chi connectivity index (χ1n) is 9.63. The van der Waals surface area contributed by atoms with Gasteiger partial charge in [-0.1, -0.05) is 16.8 Å². The number of fused-ring (bicyclic) bond motifs is 2. The lowest BCUT2D eigenvalue weighted by Gasteiger charge is -2.50. The van der Waals surface area contributed by atoms with Crippen LogP contribution in [-0.4, -0.2) is 57.0 Å². The zero-order valence-corrected chi connectivity index (χ0v) is 16.3. The van der Waals surface area contributed by atoms with Crippen molar-refractivity contribution in [3.63, 3.8) is 0 Å². The zero-order chi connectivity index (χ0) is 19.0. The predicted molar refractivity (Wildman–Crippen MR) is 101 cm³/mol. The highest BCUT2D eigenvalue weighted by Crippen LogP contribution is 2.42. The summed E-state index contributed by atoms with van der Waals surface area (Å²) in [4.78, 5) is 25.2. The molecule has 2 aromatic heterocycles. The van der Waals surface area contributed by atoms with Crippen LogP contribution < -0.4 is 0 Å². The number of allylic oxidation sites excluding steroid dienone is 1. The van der Waals surface area contributed by atoms with Crippen molar-refractivity contribution in [2.45, 2.75) is 45.6 Å². The molecular weight excluding hydrogens is 342 g/mol. The molecular formula is C20H27N5O2. The molecule has 0 unspecified atom stereocenters. The van der Waals surface area contributed by atoms with E-state index >= 15 is 0 Å². The molecule has 2 aliphatic heterocycles. The lowest BCUT2D eigenvalue weighted by molar-refractivity contribution is 0.0135. The van der Waals surface area contributed by atoms with Crippen molar-refractivity contribution in [3.8, 4) is 0 Å². The predicted octanol–water partition coefficient (Wildman–Crippen LogP) is 2.66. The van der Waals surface area contributed by atoms with E-state index in [0.717, 1.165) is 32.4 Å². The van der Waals surface area contributed by atoms with Crippen LogP contribution in [-0.2, 0) is 12.0 Å². The fourth-order valence-electron chi connectivity index (χ4n) is 4.34. The number of nitrogens with one attached hydrogen (secondary N) is 1. The normalized spacial score (nSPS) is 19.1. The standard InChI is InChI=1S/C20H27N5O2/c1-14(2)4-8-25-9-5-16-18(22-13-21-16)20(25)6-10-24(11-7-20)19(26)17-12-15(3)27-23-17/h4,12-13H,5-11H2,1-3H3,(H,21,22). The monoisotopic (exact) mass is 369 g/mol. The second-order valence-electron chi connectivity index (χ2n) is 7.85. The number of hydrogen-bond donors (Lipinski definition) is 1. The van der Waals surface area contributed by atoms with E-state index in [-0.39, 0.29) is 11.4 Å². The molecule has 4 heterocycles. The largest absolute Gasteiger partial charge is 0.361 e. The first-order valence-corrected chi connectivity index (χ1v) is 9.63. The lowest BCUT2D eigenvalue weighted by atomic mass is 9.78. The number of aryl methyl sites for hydroxylation is 1. The maximum absolute atomic E-state index is 12.7. The number of carbonyl (C=O) groups is 1. The number of amides is 1. The summed E-state index contributed by atoms with van der Waals surface area (Å²) in [5.74, 6) is 0.615. The Hall–Kier alpha value is -2.41. The number of likely N-dealkylation sites (tertiary alicyclic amines) is 1. The molecule has 7 heteroatoms. The van der Waals surface area contributed by atoms with E-state index < -0.39 is 0 Å². The highest BCUT2D eigenvalue weighted by molar-refractivity contribution is 5.92. The zero-order valence-electron chi connectivity index (χ0n) is 16.3. The fourth-order valence-corrected chi connectivity index (χ4v) is 4.34. The summed E-state index contributed by atoms with van der Waals surface area (Å²) in [7, 11) is 0. The lowest BCUT2D eigenvalue weighted by Crippen LogP contribution is -2.57. The molecule has 2 aromatic rings. The Balaban J connectivity index is 1.56. The molecule has 0 radical (unpaired) electrons. The summed E-state index contributed by atoms with van der Waals surface area (Å²) in [6.45, 7) is 9.40. The SMILES string of the molecule is CC(C)=CCN1CCc2[nH]cnc2C12CCN(C(=O)c1cc(C)on1)CC2. The van der Waals surface area contributed by atoms with E-state index in [1.54, 1.807) is 13.0 Å². The smallest absolute Gasteiger partial charge is 0.276 e. The van der Waals surface area contributed by atoms with E-state index in [0.29, 0.717) is 24.5 Å². The molecule has 4 rings (SSSR count). The molecule has 27 heavy (non-hydrogen) atoms. The van der Waals surface area contributed by atoms with Crippen LogP contribution in [0.4, 0.5) is 0 Å². The third kappa shape index (κ3) is 3.20. The minimum Gasteiger partial charge on any atom is -0.361 e. The minimum atomic E-state index is -0.101. The van der Waals surface area contributed by atoms with Crippen molar-refractivity contribution in [1.82, 2.24) is 24.9 Å². The van der Waals surface area contributed by atoms with Crippen molar-refractivity contribution >= 4 is 5.91 Å². The molecule has 144 valence electrons. The van der Waals surface area contributed by atoms with Crippen molar-refractivity contribution in [3.05, 3.63) is 46.9 Å². The van der Waals surface area contributed by atoms with Crippen LogP contribution in [0.5, 0.6) is 0 Å². The van der Waals surface area contributed by atoms with Crippen molar-refractivity contribution in [2.75, 3.05) is 26.2 Å². The molecule has 1 spiro atoms. The Morgan fingerprint density at radius 1 is 1.33 bits per heavy atom. The number of rotatable bonds is 3. The molecule has 0 atom stereocenters. The topological polar surface area (TPSA) is 78.3 Å². The van der Waals surface area contributed by atoms with Gasteiger partial charge in [-0.15, -0.1) is 0 Å². The molecule has 1 fully saturated rings. The van der Waals surface area contributed by atoms with Gasteiger partial charge in [-0.3, -0.25) is 9.69 Å². The average Bonchev–Trinajstić information content (AvgIpc) is 3.30. The number of piperidine rings is 1. The van der Waals surface area contributed by atoms with Crippen LogP contribution in [0.25, 0.3) is 0 Å². The number of carbonyl (C=O) groups excluding carboxylic acids is 1. The highest BCUT2D eigenvalue weighted by atomic mass is 16.5. The fraction of sp³-hybridized carbons (Fsp3) is 0.550. The Morgan fingerprint density at radius 2 is 2.11 bits per heavy atom. The van der Waals surface area contributed by atoms with E-state index in [1.165, 1.54) is 17.0 Å². The molecule has 0 aliphatic carbocycles. The van der Waals surface area contributed by atoms with Gasteiger partial charge in [0.2, 0.25) is 0 Å². The van der Waals surface area contributed by atoms with Gasteiger partial charge in [0, 0.05) is 44.4 Å². The third-order valence-electron chi connectivity index (χ3n) is 5.84. The second-order valence-corrected chi connectivity index (χ2v) is 7.85. The van der Waals surface area contributed by atoms with Crippen LogP contribution in [0.3, 0.4) is 0 Å². The Kier molecular flexibility index (Phi) is 4.63. The van der Waals surface area contributed by atoms with Gasteiger partial charge in [0.15, 0.2) is 5.69 Å². The third-order valence-corrected chi connectivity index (χ3v) is 5.84. The van der Waals surface area contributed by atoms with Gasteiger partial charge in [-0.2, -0.15) is 0 Å². The van der Waals surface area contributed by atoms with Crippen LogP contribution in [0.1, 0.15) is 54.3 Å². The maximum Gasteiger partial charge on any atom is 0.276 e. The summed E-state index contributed by atoms with van der Waals surface area (Å²) in [5.41, 5.74) is 4.03. The second kappa shape index (κ2) is 6.96. The first-order chi connectivity index (χ1) is 13.0. The van der Waals surface area contributed by atoms with Gasteiger partial charge in [-0.25, -0.2) is 4.98 Å². The molecule has 0 saturated carbocycles. The maximum atomic E-state index is 12.7. The summed E-state index contributed by atoms with van der Waals surface area (Å²) in [6.07, 6.45) is 6.85. The van der Waals surface area contributed by atoms with Gasteiger partial charge in [0.1, 0.15) is 5.76 Å². The van der Waals surface area contributed by atoms with Gasteiger partial charge >= 0.3 is 0 Å². The number of H-pyrrole nitrogens is 1. The highest BCUT2D eigenvalue weighted by Gasteiger charge is 2.47. The summed E-state index contributed by atoms with van der Waals surface area (Å²) in [5, 5.41) is 3.88. The van der Waals surface area contributed by atoms with Crippen LogP contribution in [0.15, 0.2) is 28.6 Å². The Bertz CT molecular complexity index is 853. The Morgan fingerprint density at radius 3 is 2.78 bits per heavy atom. The van der Waals surface area contributed by atoms with Crippen LogP contribution >= 0.6 is 0 Å². The van der Waals surface area contributed by atoms with E-state index in [9.17, 15) is 4.79 Å². The van der Waals surface area contributed by atoms with Crippen LogP contribution in [0.2, 0.25) is 0 Å².